The quantitative estimate of drug-likeness (QED) is 0.801. The summed E-state index contributed by atoms with van der Waals surface area (Å²) in [6, 6.07) is 0. The van der Waals surface area contributed by atoms with Crippen molar-refractivity contribution >= 4 is 14.4 Å². The van der Waals surface area contributed by atoms with E-state index in [0.717, 1.165) is 10.8 Å². The second-order valence-electron chi connectivity index (χ2n) is 7.98. The van der Waals surface area contributed by atoms with Crippen LogP contribution in [0, 0.1) is 5.82 Å². The Morgan fingerprint density at radius 3 is 2.50 bits per heavy atom. The molecular weight excluding hydrogens is 361 g/mol. The van der Waals surface area contributed by atoms with Crippen LogP contribution in [0.25, 0.3) is 0 Å². The molecule has 1 saturated heterocycles. The molecule has 0 spiro atoms. The van der Waals surface area contributed by atoms with Crippen molar-refractivity contribution in [1.29, 1.82) is 0 Å². The topological polar surface area (TPSA) is 93.6 Å². The predicted octanol–water partition coefficient (Wildman–Crippen LogP) is 2.04. The monoisotopic (exact) mass is 387 g/mol. The third kappa shape index (κ3) is 3.90. The zero-order chi connectivity index (χ0) is 19.9. The van der Waals surface area contributed by atoms with E-state index in [1.807, 2.05) is 4.98 Å². The van der Waals surface area contributed by atoms with E-state index in [0.29, 0.717) is 6.42 Å². The van der Waals surface area contributed by atoms with Gasteiger partial charge in [0.15, 0.2) is 8.32 Å². The molecule has 0 aliphatic carbocycles. The Morgan fingerprint density at radius 1 is 1.35 bits per heavy atom. The fourth-order valence-corrected chi connectivity index (χ4v) is 4.07. The third-order valence-electron chi connectivity index (χ3n) is 5.16. The lowest BCUT2D eigenvalue weighted by Gasteiger charge is -2.38. The van der Waals surface area contributed by atoms with Gasteiger partial charge in [-0.05, 0) is 18.1 Å². The standard InChI is InChI=1S/C16H26FN3O5Si/c1-16(2,3)26(5,6)25-10-7-12(20(8-10)15(23)24-4)19-9-11(17)13(21)18-14(19)22/h9-10,12H,7-8H2,1-6H3,(H,18,21,22)/t10-,12+/m1/s1. The molecule has 2 rings (SSSR count). The summed E-state index contributed by atoms with van der Waals surface area (Å²) in [5, 5.41) is -0.0257. The summed E-state index contributed by atoms with van der Waals surface area (Å²) in [6.07, 6.45) is -0.642. The normalized spacial score (nSPS) is 21.1. The maximum absolute atomic E-state index is 13.7. The van der Waals surface area contributed by atoms with Crippen LogP contribution in [-0.2, 0) is 9.16 Å². The van der Waals surface area contributed by atoms with Crippen molar-refractivity contribution < 1.29 is 18.3 Å². The zero-order valence-electron chi connectivity index (χ0n) is 16.0. The number of carbonyl (C=O) groups is 1. The van der Waals surface area contributed by atoms with E-state index >= 15 is 0 Å². The van der Waals surface area contributed by atoms with Gasteiger partial charge in [-0.2, -0.15) is 4.39 Å². The molecule has 1 N–H and O–H groups in total. The Labute approximate surface area is 152 Å². The molecule has 146 valence electrons. The van der Waals surface area contributed by atoms with E-state index in [1.165, 1.54) is 12.0 Å². The maximum Gasteiger partial charge on any atom is 0.411 e. The number of likely N-dealkylation sites (tertiary alicyclic amines) is 1. The van der Waals surface area contributed by atoms with Gasteiger partial charge in [-0.3, -0.25) is 19.2 Å². The Bertz CT molecular complexity index is 798. The van der Waals surface area contributed by atoms with Crippen LogP contribution in [0.15, 0.2) is 15.8 Å². The van der Waals surface area contributed by atoms with Gasteiger partial charge in [-0.25, -0.2) is 9.59 Å². The summed E-state index contributed by atoms with van der Waals surface area (Å²) in [6.45, 7) is 10.7. The molecule has 0 aromatic carbocycles. The molecule has 1 aliphatic rings. The van der Waals surface area contributed by atoms with Crippen molar-refractivity contribution in [2.24, 2.45) is 0 Å². The summed E-state index contributed by atoms with van der Waals surface area (Å²) < 4.78 is 25.8. The fourth-order valence-electron chi connectivity index (χ4n) is 2.72. The van der Waals surface area contributed by atoms with Gasteiger partial charge in [0.05, 0.1) is 26.0 Å². The van der Waals surface area contributed by atoms with E-state index in [2.05, 4.69) is 33.9 Å². The molecule has 10 heteroatoms. The maximum atomic E-state index is 13.7. The molecule has 1 aromatic heterocycles. The average Bonchev–Trinajstić information content (AvgIpc) is 2.91. The summed E-state index contributed by atoms with van der Waals surface area (Å²) >= 11 is 0. The van der Waals surface area contributed by atoms with Gasteiger partial charge in [-0.1, -0.05) is 20.8 Å². The predicted molar refractivity (Wildman–Crippen MR) is 96.1 cm³/mol. The summed E-state index contributed by atoms with van der Waals surface area (Å²) in [7, 11) is -0.873. The van der Waals surface area contributed by atoms with Crippen molar-refractivity contribution in [3.63, 3.8) is 0 Å². The summed E-state index contributed by atoms with van der Waals surface area (Å²) in [4.78, 5) is 38.8. The minimum absolute atomic E-state index is 0.0257. The second-order valence-corrected chi connectivity index (χ2v) is 12.7. The average molecular weight is 387 g/mol. The van der Waals surface area contributed by atoms with Crippen LogP contribution in [0.4, 0.5) is 9.18 Å². The number of nitrogens with one attached hydrogen (secondary N) is 1. The molecular formula is C16H26FN3O5Si. The van der Waals surface area contributed by atoms with Gasteiger partial charge in [0, 0.05) is 6.42 Å². The Hall–Kier alpha value is -1.94. The highest BCUT2D eigenvalue weighted by molar-refractivity contribution is 6.74. The number of halogens is 1. The van der Waals surface area contributed by atoms with Crippen molar-refractivity contribution in [3.8, 4) is 0 Å². The van der Waals surface area contributed by atoms with E-state index in [4.69, 9.17) is 9.16 Å². The molecule has 26 heavy (non-hydrogen) atoms. The molecule has 1 fully saturated rings. The first-order valence-corrected chi connectivity index (χ1v) is 11.3. The number of amides is 1. The summed E-state index contributed by atoms with van der Waals surface area (Å²) in [5.74, 6) is -1.09. The first-order valence-electron chi connectivity index (χ1n) is 8.41. The van der Waals surface area contributed by atoms with Crippen molar-refractivity contribution in [2.75, 3.05) is 13.7 Å². The van der Waals surface area contributed by atoms with E-state index in [9.17, 15) is 18.8 Å². The van der Waals surface area contributed by atoms with Gasteiger partial charge in [0.1, 0.15) is 6.17 Å². The van der Waals surface area contributed by atoms with E-state index in [1.54, 1.807) is 0 Å². The fraction of sp³-hybridized carbons (Fsp3) is 0.688. The number of methoxy groups -OCH3 is 1. The van der Waals surface area contributed by atoms with Gasteiger partial charge in [0.2, 0.25) is 5.82 Å². The van der Waals surface area contributed by atoms with Crippen molar-refractivity contribution in [2.45, 2.75) is 57.6 Å². The molecule has 2 heterocycles. The number of carbonyl (C=O) groups excluding carboxylic acids is 1. The zero-order valence-corrected chi connectivity index (χ0v) is 17.0. The second kappa shape index (κ2) is 6.99. The number of rotatable bonds is 3. The minimum Gasteiger partial charge on any atom is -0.453 e. The van der Waals surface area contributed by atoms with Crippen molar-refractivity contribution in [3.05, 3.63) is 32.9 Å². The third-order valence-corrected chi connectivity index (χ3v) is 9.69. The van der Waals surface area contributed by atoms with Crippen LogP contribution in [-0.4, -0.2) is 48.6 Å². The van der Waals surface area contributed by atoms with Crippen LogP contribution >= 0.6 is 0 Å². The molecule has 0 radical (unpaired) electrons. The Balaban J connectivity index is 2.36. The molecule has 0 bridgehead atoms. The molecule has 2 atom stereocenters. The smallest absolute Gasteiger partial charge is 0.411 e. The highest BCUT2D eigenvalue weighted by atomic mass is 28.4. The van der Waals surface area contributed by atoms with Crippen LogP contribution in [0.1, 0.15) is 33.4 Å². The highest BCUT2D eigenvalue weighted by Gasteiger charge is 2.44. The van der Waals surface area contributed by atoms with Crippen molar-refractivity contribution in [1.82, 2.24) is 14.5 Å². The largest absolute Gasteiger partial charge is 0.453 e. The number of hydrogen-bond acceptors (Lipinski definition) is 5. The Morgan fingerprint density at radius 2 is 1.96 bits per heavy atom. The van der Waals surface area contributed by atoms with Crippen LogP contribution in [0.2, 0.25) is 18.1 Å². The summed E-state index contributed by atoms with van der Waals surface area (Å²) in [5.41, 5.74) is -1.88. The van der Waals surface area contributed by atoms with E-state index < -0.39 is 37.6 Å². The van der Waals surface area contributed by atoms with Gasteiger partial charge >= 0.3 is 11.8 Å². The van der Waals surface area contributed by atoms with Crippen LogP contribution in [0.3, 0.4) is 0 Å². The number of hydrogen-bond donors (Lipinski definition) is 1. The highest BCUT2D eigenvalue weighted by Crippen LogP contribution is 2.40. The Kier molecular flexibility index (Phi) is 5.48. The minimum atomic E-state index is -2.11. The lowest BCUT2D eigenvalue weighted by molar-refractivity contribution is 0.100. The first-order chi connectivity index (χ1) is 11.9. The number of H-pyrrole nitrogens is 1. The lowest BCUT2D eigenvalue weighted by atomic mass is 10.2. The first kappa shape index (κ1) is 20.4. The SMILES string of the molecule is COC(=O)N1C[C@H](O[Si](C)(C)C(C)(C)C)C[C@H]1n1cc(F)c(=O)[nH]c1=O. The molecule has 0 saturated carbocycles. The van der Waals surface area contributed by atoms with Gasteiger partial charge < -0.3 is 9.16 Å². The lowest BCUT2D eigenvalue weighted by Crippen LogP contribution is -2.44. The van der Waals surface area contributed by atoms with Gasteiger partial charge in [-0.15, -0.1) is 0 Å². The number of aromatic amines is 1. The molecule has 0 unspecified atom stereocenters. The number of aromatic nitrogens is 2. The van der Waals surface area contributed by atoms with Gasteiger partial charge in [0.25, 0.3) is 5.56 Å². The number of ether oxygens (including phenoxy) is 1. The molecule has 1 amide bonds. The molecule has 8 nitrogen and oxygen atoms in total. The molecule has 1 aliphatic heterocycles. The number of nitrogens with zero attached hydrogens (tertiary/aromatic N) is 2. The van der Waals surface area contributed by atoms with Crippen LogP contribution < -0.4 is 11.2 Å². The molecule has 1 aromatic rings. The van der Waals surface area contributed by atoms with Crippen LogP contribution in [0.5, 0.6) is 0 Å². The van der Waals surface area contributed by atoms with E-state index in [-0.39, 0.29) is 17.7 Å².